The zero-order chi connectivity index (χ0) is 36.3. The van der Waals surface area contributed by atoms with Crippen molar-refractivity contribution in [2.24, 2.45) is 0 Å². The second-order valence-corrected chi connectivity index (χ2v) is 19.6. The maximum Gasteiger partial charge on any atom is 0.333 e. The molecule has 256 valence electrons. The Hall–Kier alpha value is -6.88. The van der Waals surface area contributed by atoms with Crippen molar-refractivity contribution in [3.05, 3.63) is 188 Å². The number of anilines is 2. The number of para-hydroxylation sites is 3. The van der Waals surface area contributed by atoms with Crippen molar-refractivity contribution in [2.75, 3.05) is 4.81 Å². The van der Waals surface area contributed by atoms with E-state index in [1.807, 2.05) is 0 Å². The van der Waals surface area contributed by atoms with Crippen LogP contribution in [0.3, 0.4) is 0 Å². The van der Waals surface area contributed by atoms with Crippen LogP contribution in [0.15, 0.2) is 188 Å². The molecule has 1 aromatic heterocycles. The molecular formula is C52H31BN2Si. The van der Waals surface area contributed by atoms with Crippen molar-refractivity contribution >= 4 is 90.5 Å². The van der Waals surface area contributed by atoms with E-state index in [2.05, 4.69) is 197 Å². The number of hydrogen-bond acceptors (Lipinski definition) is 1. The molecule has 2 nitrogen and oxygen atoms in total. The van der Waals surface area contributed by atoms with Gasteiger partial charge < -0.3 is 9.38 Å². The highest BCUT2D eigenvalue weighted by atomic mass is 28.3. The summed E-state index contributed by atoms with van der Waals surface area (Å²) in [6.07, 6.45) is 0. The van der Waals surface area contributed by atoms with Crippen LogP contribution in [0.4, 0.5) is 11.4 Å². The molecule has 0 saturated carbocycles. The Bertz CT molecular complexity index is 3350. The molecule has 4 heteroatoms. The number of nitrogens with zero attached hydrogens (tertiary/aromatic N) is 2. The Morgan fingerprint density at radius 3 is 1.88 bits per heavy atom. The van der Waals surface area contributed by atoms with E-state index in [0.29, 0.717) is 0 Å². The fraction of sp³-hybridized carbons (Fsp3) is 0. The van der Waals surface area contributed by atoms with Gasteiger partial charge in [-0.05, 0) is 83.1 Å². The van der Waals surface area contributed by atoms with Gasteiger partial charge in [0.15, 0.2) is 8.07 Å². The van der Waals surface area contributed by atoms with E-state index in [9.17, 15) is 0 Å². The average molecular weight is 723 g/mol. The van der Waals surface area contributed by atoms with Gasteiger partial charge in [-0.25, -0.2) is 0 Å². The highest BCUT2D eigenvalue weighted by Gasteiger charge is 2.57. The molecule has 9 aromatic carbocycles. The quantitative estimate of drug-likeness (QED) is 0.154. The summed E-state index contributed by atoms with van der Waals surface area (Å²) in [5, 5.41) is 11.2. The van der Waals surface area contributed by atoms with Crippen LogP contribution in [-0.2, 0) is 0 Å². The Labute approximate surface area is 325 Å². The van der Waals surface area contributed by atoms with E-state index in [-0.39, 0.29) is 6.85 Å². The van der Waals surface area contributed by atoms with Gasteiger partial charge >= 0.3 is 6.85 Å². The van der Waals surface area contributed by atoms with Gasteiger partial charge in [0.25, 0.3) is 0 Å². The molecule has 0 radical (unpaired) electrons. The minimum absolute atomic E-state index is 0.00959. The highest BCUT2D eigenvalue weighted by molar-refractivity contribution is 7.24. The van der Waals surface area contributed by atoms with Gasteiger partial charge in [0, 0.05) is 38.8 Å². The second kappa shape index (κ2) is 10.2. The smallest absolute Gasteiger partial charge is 0.333 e. The first-order valence-corrected chi connectivity index (χ1v) is 21.7. The molecule has 0 N–H and O–H groups in total. The van der Waals surface area contributed by atoms with Crippen molar-refractivity contribution < 1.29 is 0 Å². The number of hydrogen-bond donors (Lipinski definition) is 0. The predicted molar refractivity (Wildman–Crippen MR) is 239 cm³/mol. The van der Waals surface area contributed by atoms with Gasteiger partial charge in [-0.1, -0.05) is 170 Å². The number of aromatic nitrogens is 1. The molecule has 1 spiro atoms. The largest absolute Gasteiger partial charge is 0.376 e. The maximum absolute atomic E-state index is 2.77. The van der Waals surface area contributed by atoms with E-state index in [4.69, 9.17) is 0 Å². The lowest BCUT2D eigenvalue weighted by Gasteiger charge is -2.50. The lowest BCUT2D eigenvalue weighted by Crippen LogP contribution is -2.78. The second-order valence-electron chi connectivity index (χ2n) is 15.9. The Morgan fingerprint density at radius 2 is 1.04 bits per heavy atom. The minimum atomic E-state index is -2.73. The number of benzene rings is 9. The molecule has 10 aromatic rings. The fourth-order valence-electron chi connectivity index (χ4n) is 11.5. The summed E-state index contributed by atoms with van der Waals surface area (Å²) in [4.78, 5) is 2.77. The van der Waals surface area contributed by atoms with Crippen molar-refractivity contribution in [1.82, 2.24) is 4.57 Å². The Balaban J connectivity index is 1.20. The fourth-order valence-corrected chi connectivity index (χ4v) is 17.1. The Kier molecular flexibility index (Phi) is 5.39. The van der Waals surface area contributed by atoms with E-state index < -0.39 is 8.07 Å². The highest BCUT2D eigenvalue weighted by Crippen LogP contribution is 2.48. The van der Waals surface area contributed by atoms with Crippen molar-refractivity contribution in [1.29, 1.82) is 0 Å². The molecule has 0 atom stereocenters. The third-order valence-electron chi connectivity index (χ3n) is 13.5. The molecule has 4 aliphatic rings. The van der Waals surface area contributed by atoms with Crippen LogP contribution >= 0.6 is 0 Å². The minimum Gasteiger partial charge on any atom is -0.376 e. The van der Waals surface area contributed by atoms with E-state index >= 15 is 0 Å². The third-order valence-corrected chi connectivity index (χ3v) is 18.5. The van der Waals surface area contributed by atoms with Crippen molar-refractivity contribution in [3.63, 3.8) is 0 Å². The van der Waals surface area contributed by atoms with Crippen LogP contribution in [0.25, 0.3) is 71.6 Å². The standard InChI is InChI=1S/C52H31BN2Si/c1-2-14-32(15-3-1)34-30-41-39-21-13-27-48-52(39)55(43-23-8-11-26-47(43)56(48)45-24-9-6-18-36(45)37-19-7-10-25-46(37)56)53-42-22-12-20-38-40-29-28-33-16-4-5-17-35(33)50(40)54(51(38)42)44(31-34)49(41)53/h1-31H. The monoisotopic (exact) mass is 722 g/mol. The lowest BCUT2D eigenvalue weighted by atomic mass is 9.44. The summed E-state index contributed by atoms with van der Waals surface area (Å²) < 4.78 is 2.63. The van der Waals surface area contributed by atoms with Crippen molar-refractivity contribution in [3.8, 4) is 39.1 Å². The van der Waals surface area contributed by atoms with Gasteiger partial charge in [0.1, 0.15) is 0 Å². The van der Waals surface area contributed by atoms with Crippen LogP contribution in [-0.4, -0.2) is 19.5 Å². The van der Waals surface area contributed by atoms with Gasteiger partial charge in [0.05, 0.1) is 11.0 Å². The first kappa shape index (κ1) is 29.5. The molecule has 0 saturated heterocycles. The molecule has 56 heavy (non-hydrogen) atoms. The summed E-state index contributed by atoms with van der Waals surface area (Å²) >= 11 is 0. The van der Waals surface area contributed by atoms with Crippen LogP contribution in [0.5, 0.6) is 0 Å². The van der Waals surface area contributed by atoms with E-state index in [1.54, 1.807) is 0 Å². The van der Waals surface area contributed by atoms with Crippen LogP contribution in [0, 0.1) is 0 Å². The summed E-state index contributed by atoms with van der Waals surface area (Å²) in [5.74, 6) is 0. The Morgan fingerprint density at radius 1 is 0.393 bits per heavy atom. The number of rotatable bonds is 1. The normalized spacial score (nSPS) is 14.5. The van der Waals surface area contributed by atoms with Crippen LogP contribution < -0.4 is 36.5 Å². The first-order valence-electron chi connectivity index (χ1n) is 19.7. The summed E-state index contributed by atoms with van der Waals surface area (Å²) in [6, 6.07) is 71.9. The topological polar surface area (TPSA) is 8.17 Å². The molecule has 5 heterocycles. The molecule has 0 amide bonds. The molecule has 14 rings (SSSR count). The van der Waals surface area contributed by atoms with Crippen LogP contribution in [0.2, 0.25) is 0 Å². The van der Waals surface area contributed by atoms with Gasteiger partial charge in [-0.3, -0.25) is 0 Å². The van der Waals surface area contributed by atoms with Gasteiger partial charge in [-0.2, -0.15) is 0 Å². The SMILES string of the molecule is c1ccc(-c2cc3c4c(c2)-n2c5c(cccc5c5ccc6ccccc6c52)B4N2c4ccccc4[Si]4(c5ccccc5-c5ccccc54)c4cccc-3c42)cc1. The molecule has 4 aliphatic heterocycles. The molecule has 0 unspecified atom stereocenters. The molecule has 0 bridgehead atoms. The molecule has 0 fully saturated rings. The maximum atomic E-state index is 2.77. The molecular weight excluding hydrogens is 691 g/mol. The van der Waals surface area contributed by atoms with Gasteiger partial charge in [-0.15, -0.1) is 0 Å². The number of fused-ring (bicyclic) bond motifs is 18. The van der Waals surface area contributed by atoms with Crippen molar-refractivity contribution in [2.45, 2.75) is 0 Å². The summed E-state index contributed by atoms with van der Waals surface area (Å²) in [5.41, 5.74) is 17.3. The molecule has 0 aliphatic carbocycles. The lowest BCUT2D eigenvalue weighted by molar-refractivity contribution is 1.19. The van der Waals surface area contributed by atoms with E-state index in [0.717, 1.165) is 0 Å². The summed E-state index contributed by atoms with van der Waals surface area (Å²) in [7, 11) is -2.73. The summed E-state index contributed by atoms with van der Waals surface area (Å²) in [6.45, 7) is -0.00959. The average Bonchev–Trinajstić information content (AvgIpc) is 3.77. The third kappa shape index (κ3) is 3.31. The predicted octanol–water partition coefficient (Wildman–Crippen LogP) is 8.51. The van der Waals surface area contributed by atoms with E-state index in [1.165, 1.54) is 115 Å². The zero-order valence-electron chi connectivity index (χ0n) is 30.4. The zero-order valence-corrected chi connectivity index (χ0v) is 31.4. The van der Waals surface area contributed by atoms with Crippen LogP contribution in [0.1, 0.15) is 0 Å². The van der Waals surface area contributed by atoms with Gasteiger partial charge in [0.2, 0.25) is 0 Å². The first-order chi connectivity index (χ1) is 27.8.